The van der Waals surface area contributed by atoms with Crippen LogP contribution in [-0.4, -0.2) is 15.5 Å². The van der Waals surface area contributed by atoms with E-state index < -0.39 is 53.0 Å². The van der Waals surface area contributed by atoms with Gasteiger partial charge < -0.3 is 5.32 Å². The van der Waals surface area contributed by atoms with Gasteiger partial charge in [-0.25, -0.2) is 9.37 Å². The molecule has 3 rings (SSSR count). The second-order valence-corrected chi connectivity index (χ2v) is 6.59. The number of anilines is 1. The molecule has 5 nitrogen and oxygen atoms in total. The number of halogens is 7. The number of hydrogen-bond donors (Lipinski definition) is 1. The first-order valence-electron chi connectivity index (χ1n) is 8.75. The lowest BCUT2D eigenvalue weighted by molar-refractivity contribution is -0.143. The van der Waals surface area contributed by atoms with E-state index in [4.69, 9.17) is 0 Å². The highest BCUT2D eigenvalue weighted by Crippen LogP contribution is 2.37. The smallest absolute Gasteiger partial charge is 0.325 e. The van der Waals surface area contributed by atoms with Crippen molar-refractivity contribution >= 4 is 11.6 Å². The van der Waals surface area contributed by atoms with Crippen molar-refractivity contribution in [2.45, 2.75) is 18.9 Å². The Hall–Kier alpha value is -3.70. The van der Waals surface area contributed by atoms with Gasteiger partial charge in [0.2, 0.25) is 5.91 Å². The van der Waals surface area contributed by atoms with Crippen molar-refractivity contribution < 1.29 is 35.5 Å². The normalized spacial score (nSPS) is 12.0. The van der Waals surface area contributed by atoms with Gasteiger partial charge in [-0.2, -0.15) is 26.3 Å². The zero-order valence-corrected chi connectivity index (χ0v) is 15.8. The minimum absolute atomic E-state index is 0.0712. The van der Waals surface area contributed by atoms with Gasteiger partial charge in [-0.3, -0.25) is 14.2 Å². The SMILES string of the molecule is O=C(Cn1cnc(-c2ccc(F)cc2)cc1=O)Nc1cc(C(F)(F)F)cc(C(F)(F)F)c1. The van der Waals surface area contributed by atoms with Crippen molar-refractivity contribution in [3.05, 3.63) is 82.2 Å². The number of alkyl halides is 6. The first-order chi connectivity index (χ1) is 14.8. The van der Waals surface area contributed by atoms with E-state index in [1.807, 2.05) is 5.32 Å². The summed E-state index contributed by atoms with van der Waals surface area (Å²) in [6, 6.07) is 6.74. The first kappa shape index (κ1) is 23.0. The molecule has 0 saturated carbocycles. The van der Waals surface area contributed by atoms with E-state index in [0.29, 0.717) is 17.7 Å². The van der Waals surface area contributed by atoms with Crippen LogP contribution in [0.4, 0.5) is 36.4 Å². The molecule has 0 unspecified atom stereocenters. The van der Waals surface area contributed by atoms with Crippen molar-refractivity contribution in [3.63, 3.8) is 0 Å². The van der Waals surface area contributed by atoms with Crippen molar-refractivity contribution in [1.82, 2.24) is 9.55 Å². The Morgan fingerprint density at radius 3 is 1.97 bits per heavy atom. The molecule has 12 heteroatoms. The summed E-state index contributed by atoms with van der Waals surface area (Å²) in [4.78, 5) is 28.3. The molecule has 0 bridgehead atoms. The maximum atomic E-state index is 13.0. The summed E-state index contributed by atoms with van der Waals surface area (Å²) in [6.45, 7) is -0.715. The molecule has 1 amide bonds. The molecule has 168 valence electrons. The van der Waals surface area contributed by atoms with Gasteiger partial charge in [0.25, 0.3) is 5.56 Å². The average Bonchev–Trinajstić information content (AvgIpc) is 2.68. The van der Waals surface area contributed by atoms with Gasteiger partial charge in [-0.15, -0.1) is 0 Å². The Labute approximate surface area is 175 Å². The van der Waals surface area contributed by atoms with Gasteiger partial charge >= 0.3 is 12.4 Å². The molecule has 32 heavy (non-hydrogen) atoms. The second-order valence-electron chi connectivity index (χ2n) is 6.59. The lowest BCUT2D eigenvalue weighted by Crippen LogP contribution is -2.27. The van der Waals surface area contributed by atoms with Crippen LogP contribution in [0.5, 0.6) is 0 Å². The fourth-order valence-electron chi connectivity index (χ4n) is 2.71. The van der Waals surface area contributed by atoms with Crippen molar-refractivity contribution in [2.24, 2.45) is 0 Å². The van der Waals surface area contributed by atoms with E-state index in [1.54, 1.807) is 0 Å². The summed E-state index contributed by atoms with van der Waals surface area (Å²) in [5.74, 6) is -1.54. The minimum atomic E-state index is -5.07. The summed E-state index contributed by atoms with van der Waals surface area (Å²) in [6.07, 6.45) is -9.16. The number of carbonyl (C=O) groups is 1. The highest BCUT2D eigenvalue weighted by molar-refractivity contribution is 5.90. The number of benzene rings is 2. The fraction of sp³-hybridized carbons (Fsp3) is 0.150. The number of carbonyl (C=O) groups excluding carboxylic acids is 1. The summed E-state index contributed by atoms with van der Waals surface area (Å²) in [5, 5.41) is 1.93. The summed E-state index contributed by atoms with van der Waals surface area (Å²) in [7, 11) is 0. The molecule has 0 fully saturated rings. The monoisotopic (exact) mass is 459 g/mol. The number of aromatic nitrogens is 2. The number of nitrogens with one attached hydrogen (secondary N) is 1. The summed E-state index contributed by atoms with van der Waals surface area (Å²) < 4.78 is 91.3. The van der Waals surface area contributed by atoms with Crippen LogP contribution in [0, 0.1) is 5.82 Å². The standard InChI is InChI=1S/C20H12F7N3O2/c21-14-3-1-11(2-4-14)16-8-18(32)30(10-28-16)9-17(31)29-15-6-12(19(22,23)24)5-13(7-15)20(25,26)27/h1-8,10H,9H2,(H,29,31). The van der Waals surface area contributed by atoms with E-state index in [-0.39, 0.29) is 11.8 Å². The zero-order valence-electron chi connectivity index (χ0n) is 15.8. The number of hydrogen-bond acceptors (Lipinski definition) is 3. The van der Waals surface area contributed by atoms with Crippen LogP contribution in [0.2, 0.25) is 0 Å². The van der Waals surface area contributed by atoms with Gasteiger partial charge in [-0.05, 0) is 42.5 Å². The predicted octanol–water partition coefficient (Wildman–Crippen LogP) is 4.73. The molecule has 0 radical (unpaired) electrons. The third-order valence-corrected chi connectivity index (χ3v) is 4.20. The quantitative estimate of drug-likeness (QED) is 0.574. The Balaban J connectivity index is 1.81. The van der Waals surface area contributed by atoms with Gasteiger partial charge in [0.15, 0.2) is 0 Å². The molecule has 2 aromatic carbocycles. The Kier molecular flexibility index (Phi) is 6.06. The second kappa shape index (κ2) is 8.44. The summed E-state index contributed by atoms with van der Waals surface area (Å²) in [5.41, 5.74) is -4.03. The third kappa shape index (κ3) is 5.50. The van der Waals surface area contributed by atoms with E-state index in [1.165, 1.54) is 12.1 Å². The molecular formula is C20H12F7N3O2. The van der Waals surface area contributed by atoms with Crippen LogP contribution in [0.15, 0.2) is 59.7 Å². The fourth-order valence-corrected chi connectivity index (χ4v) is 2.71. The number of rotatable bonds is 4. The van der Waals surface area contributed by atoms with Gasteiger partial charge in [0.05, 0.1) is 23.1 Å². The van der Waals surface area contributed by atoms with E-state index in [0.717, 1.165) is 29.1 Å². The Morgan fingerprint density at radius 2 is 1.47 bits per heavy atom. The van der Waals surface area contributed by atoms with Crippen molar-refractivity contribution in [2.75, 3.05) is 5.32 Å². The predicted molar refractivity (Wildman–Crippen MR) is 99.0 cm³/mol. The first-order valence-corrected chi connectivity index (χ1v) is 8.75. The Morgan fingerprint density at radius 1 is 0.906 bits per heavy atom. The highest BCUT2D eigenvalue weighted by atomic mass is 19.4. The van der Waals surface area contributed by atoms with Gasteiger partial charge in [0.1, 0.15) is 12.4 Å². The Bertz CT molecular complexity index is 1170. The molecule has 1 heterocycles. The van der Waals surface area contributed by atoms with Crippen LogP contribution >= 0.6 is 0 Å². The van der Waals surface area contributed by atoms with E-state index in [2.05, 4.69) is 4.98 Å². The maximum Gasteiger partial charge on any atom is 0.416 e. The molecule has 0 aliphatic carbocycles. The van der Waals surface area contributed by atoms with Crippen molar-refractivity contribution in [1.29, 1.82) is 0 Å². The van der Waals surface area contributed by atoms with Crippen LogP contribution in [0.1, 0.15) is 11.1 Å². The van der Waals surface area contributed by atoms with Gasteiger partial charge in [-0.1, -0.05) is 0 Å². The van der Waals surface area contributed by atoms with Crippen LogP contribution in [0.25, 0.3) is 11.3 Å². The largest absolute Gasteiger partial charge is 0.416 e. The lowest BCUT2D eigenvalue weighted by Gasteiger charge is -2.15. The van der Waals surface area contributed by atoms with Crippen LogP contribution in [-0.2, 0) is 23.7 Å². The van der Waals surface area contributed by atoms with Crippen LogP contribution < -0.4 is 10.9 Å². The maximum absolute atomic E-state index is 13.0. The molecule has 0 spiro atoms. The number of amides is 1. The lowest BCUT2D eigenvalue weighted by atomic mass is 10.1. The van der Waals surface area contributed by atoms with E-state index >= 15 is 0 Å². The zero-order chi connectivity index (χ0) is 23.7. The number of nitrogens with zero attached hydrogens (tertiary/aromatic N) is 2. The van der Waals surface area contributed by atoms with Gasteiger partial charge in [0, 0.05) is 17.3 Å². The van der Waals surface area contributed by atoms with Crippen LogP contribution in [0.3, 0.4) is 0 Å². The molecule has 1 N–H and O–H groups in total. The molecule has 0 atom stereocenters. The third-order valence-electron chi connectivity index (χ3n) is 4.20. The molecule has 3 aromatic rings. The molecular weight excluding hydrogens is 447 g/mol. The molecule has 0 saturated heterocycles. The summed E-state index contributed by atoms with van der Waals surface area (Å²) >= 11 is 0. The van der Waals surface area contributed by atoms with E-state index in [9.17, 15) is 40.3 Å². The molecule has 0 aliphatic heterocycles. The van der Waals surface area contributed by atoms with Crippen molar-refractivity contribution in [3.8, 4) is 11.3 Å². The molecule has 1 aromatic heterocycles. The topological polar surface area (TPSA) is 64.0 Å². The minimum Gasteiger partial charge on any atom is -0.325 e. The highest BCUT2D eigenvalue weighted by Gasteiger charge is 2.37. The average molecular weight is 459 g/mol. The molecule has 0 aliphatic rings.